The molecule has 2 rings (SSSR count). The number of H-pyrrole nitrogens is 1. The minimum atomic E-state index is -3.93. The molecule has 0 saturated heterocycles. The summed E-state index contributed by atoms with van der Waals surface area (Å²) in [6.07, 6.45) is 1.66. The lowest BCUT2D eigenvalue weighted by molar-refractivity contribution is -0.385. The van der Waals surface area contributed by atoms with Gasteiger partial charge in [0.05, 0.1) is 16.5 Å². The van der Waals surface area contributed by atoms with Crippen molar-refractivity contribution in [3.63, 3.8) is 0 Å². The van der Waals surface area contributed by atoms with Gasteiger partial charge in [-0.3, -0.25) is 10.1 Å². The van der Waals surface area contributed by atoms with E-state index < -0.39 is 14.9 Å². The molecule has 0 amide bonds. The van der Waals surface area contributed by atoms with E-state index in [1.807, 2.05) is 0 Å². The zero-order valence-corrected chi connectivity index (χ0v) is 11.6. The van der Waals surface area contributed by atoms with Crippen molar-refractivity contribution in [2.45, 2.75) is 11.4 Å². The number of non-ortho nitro benzene ring substituents is 1. The maximum Gasteiger partial charge on any atom is 0.270 e. The molecule has 7 nitrogen and oxygen atoms in total. The van der Waals surface area contributed by atoms with Crippen LogP contribution in [0.4, 0.5) is 5.69 Å². The van der Waals surface area contributed by atoms with Gasteiger partial charge in [0.25, 0.3) is 5.69 Å². The highest BCUT2D eigenvalue weighted by atomic mass is 35.5. The highest BCUT2D eigenvalue weighted by molar-refractivity contribution is 7.89. The van der Waals surface area contributed by atoms with Gasteiger partial charge in [0.2, 0.25) is 10.0 Å². The van der Waals surface area contributed by atoms with Crippen LogP contribution in [0.25, 0.3) is 0 Å². The summed E-state index contributed by atoms with van der Waals surface area (Å²) in [7, 11) is -3.93. The number of aromatic nitrogens is 1. The van der Waals surface area contributed by atoms with Gasteiger partial charge >= 0.3 is 0 Å². The molecule has 0 spiro atoms. The molecule has 0 aliphatic carbocycles. The third-order valence-corrected chi connectivity index (χ3v) is 4.41. The van der Waals surface area contributed by atoms with E-state index in [1.165, 1.54) is 6.07 Å². The SMILES string of the molecule is O=[N+]([O-])c1ccc(Cl)c(S(=O)(=O)NCc2ccc[nH]2)c1. The van der Waals surface area contributed by atoms with Crippen molar-refractivity contribution in [3.8, 4) is 0 Å². The van der Waals surface area contributed by atoms with Crippen LogP contribution in [0.5, 0.6) is 0 Å². The van der Waals surface area contributed by atoms with E-state index in [0.29, 0.717) is 5.69 Å². The second-order valence-corrected chi connectivity index (χ2v) is 6.03. The van der Waals surface area contributed by atoms with E-state index in [4.69, 9.17) is 11.6 Å². The van der Waals surface area contributed by atoms with Gasteiger partial charge < -0.3 is 4.98 Å². The highest BCUT2D eigenvalue weighted by Gasteiger charge is 2.21. The van der Waals surface area contributed by atoms with Gasteiger partial charge in [-0.15, -0.1) is 0 Å². The lowest BCUT2D eigenvalue weighted by atomic mass is 10.3. The number of hydrogen-bond donors (Lipinski definition) is 2. The van der Waals surface area contributed by atoms with Crippen LogP contribution in [0, 0.1) is 10.1 Å². The van der Waals surface area contributed by atoms with Gasteiger partial charge in [0, 0.05) is 24.0 Å². The fraction of sp³-hybridized carbons (Fsp3) is 0.0909. The van der Waals surface area contributed by atoms with E-state index in [2.05, 4.69) is 9.71 Å². The molecule has 0 fully saturated rings. The third-order valence-electron chi connectivity index (χ3n) is 2.53. The Morgan fingerprint density at radius 1 is 1.35 bits per heavy atom. The third kappa shape index (κ3) is 3.16. The molecule has 0 atom stereocenters. The quantitative estimate of drug-likeness (QED) is 0.650. The van der Waals surface area contributed by atoms with E-state index in [0.717, 1.165) is 12.1 Å². The average molecular weight is 316 g/mol. The first kappa shape index (κ1) is 14.5. The molecule has 2 aromatic rings. The molecular formula is C11H10ClN3O4S. The molecule has 0 bridgehead atoms. The smallest absolute Gasteiger partial charge is 0.270 e. The number of halogens is 1. The zero-order valence-electron chi connectivity index (χ0n) is 10.0. The molecule has 106 valence electrons. The second kappa shape index (κ2) is 5.61. The summed E-state index contributed by atoms with van der Waals surface area (Å²) in [6.45, 7) is 0.0361. The van der Waals surface area contributed by atoms with Crippen molar-refractivity contribution in [1.82, 2.24) is 9.71 Å². The molecule has 2 N–H and O–H groups in total. The summed E-state index contributed by atoms with van der Waals surface area (Å²) in [4.78, 5) is 12.5. The van der Waals surface area contributed by atoms with Crippen molar-refractivity contribution in [2.75, 3.05) is 0 Å². The van der Waals surface area contributed by atoms with E-state index in [1.54, 1.807) is 18.3 Å². The predicted octanol–water partition coefficient (Wildman–Crippen LogP) is 2.05. The largest absolute Gasteiger partial charge is 0.364 e. The van der Waals surface area contributed by atoms with E-state index in [9.17, 15) is 18.5 Å². The Morgan fingerprint density at radius 2 is 2.10 bits per heavy atom. The first-order chi connectivity index (χ1) is 9.40. The van der Waals surface area contributed by atoms with Crippen LogP contribution in [0.2, 0.25) is 5.02 Å². The molecule has 1 heterocycles. The highest BCUT2D eigenvalue weighted by Crippen LogP contribution is 2.26. The minimum Gasteiger partial charge on any atom is -0.364 e. The summed E-state index contributed by atoms with van der Waals surface area (Å²) in [5, 5.41) is 10.6. The second-order valence-electron chi connectivity index (χ2n) is 3.89. The van der Waals surface area contributed by atoms with Gasteiger partial charge in [-0.25, -0.2) is 13.1 Å². The molecule has 0 radical (unpaired) electrons. The monoisotopic (exact) mass is 315 g/mol. The Morgan fingerprint density at radius 3 is 2.70 bits per heavy atom. The van der Waals surface area contributed by atoms with Crippen molar-refractivity contribution >= 4 is 27.3 Å². The standard InChI is InChI=1S/C11H10ClN3O4S/c12-10-4-3-9(15(16)17)6-11(10)20(18,19)14-7-8-2-1-5-13-8/h1-6,13-14H,7H2. The van der Waals surface area contributed by atoms with Crippen LogP contribution >= 0.6 is 11.6 Å². The normalized spacial score (nSPS) is 11.4. The fourth-order valence-corrected chi connectivity index (χ4v) is 3.06. The Hall–Kier alpha value is -1.90. The van der Waals surface area contributed by atoms with Crippen molar-refractivity contribution < 1.29 is 13.3 Å². The van der Waals surface area contributed by atoms with Crippen LogP contribution in [0.3, 0.4) is 0 Å². The van der Waals surface area contributed by atoms with Crippen molar-refractivity contribution in [2.24, 2.45) is 0 Å². The van der Waals surface area contributed by atoms with Gasteiger partial charge in [-0.1, -0.05) is 11.6 Å². The van der Waals surface area contributed by atoms with Crippen molar-refractivity contribution in [3.05, 3.63) is 57.4 Å². The van der Waals surface area contributed by atoms with Crippen LogP contribution in [0.1, 0.15) is 5.69 Å². The molecule has 20 heavy (non-hydrogen) atoms. The number of nitrogens with one attached hydrogen (secondary N) is 2. The predicted molar refractivity (Wildman–Crippen MR) is 72.9 cm³/mol. The van der Waals surface area contributed by atoms with Crippen LogP contribution < -0.4 is 4.72 Å². The Bertz CT molecular complexity index is 728. The number of sulfonamides is 1. The summed E-state index contributed by atoms with van der Waals surface area (Å²) in [6, 6.07) is 6.69. The zero-order chi connectivity index (χ0) is 14.8. The number of benzene rings is 1. The number of rotatable bonds is 5. The molecular weight excluding hydrogens is 306 g/mol. The topological polar surface area (TPSA) is 105 Å². The number of nitrogens with zero attached hydrogens (tertiary/aromatic N) is 1. The van der Waals surface area contributed by atoms with Gasteiger partial charge in [0.15, 0.2) is 0 Å². The summed E-state index contributed by atoms with van der Waals surface area (Å²) in [5.74, 6) is 0. The molecule has 0 aliphatic rings. The molecule has 1 aromatic heterocycles. The number of aromatic amines is 1. The Balaban J connectivity index is 2.28. The Kier molecular flexibility index (Phi) is 4.07. The van der Waals surface area contributed by atoms with Gasteiger partial charge in [0.1, 0.15) is 4.90 Å². The van der Waals surface area contributed by atoms with Gasteiger partial charge in [-0.05, 0) is 18.2 Å². The first-order valence-electron chi connectivity index (χ1n) is 5.46. The number of nitro benzene ring substituents is 1. The van der Waals surface area contributed by atoms with Gasteiger partial charge in [-0.2, -0.15) is 0 Å². The maximum atomic E-state index is 12.1. The molecule has 1 aromatic carbocycles. The van der Waals surface area contributed by atoms with E-state index in [-0.39, 0.29) is 22.2 Å². The van der Waals surface area contributed by atoms with E-state index >= 15 is 0 Å². The first-order valence-corrected chi connectivity index (χ1v) is 7.32. The molecule has 0 aliphatic heterocycles. The molecule has 0 saturated carbocycles. The average Bonchev–Trinajstić information content (AvgIpc) is 2.89. The van der Waals surface area contributed by atoms with Crippen molar-refractivity contribution in [1.29, 1.82) is 0 Å². The molecule has 0 unspecified atom stereocenters. The summed E-state index contributed by atoms with van der Waals surface area (Å²) >= 11 is 5.80. The number of hydrogen-bond acceptors (Lipinski definition) is 4. The molecule has 9 heteroatoms. The fourth-order valence-electron chi connectivity index (χ4n) is 1.54. The maximum absolute atomic E-state index is 12.1. The van der Waals surface area contributed by atoms with Crippen LogP contribution in [0.15, 0.2) is 41.4 Å². The summed E-state index contributed by atoms with van der Waals surface area (Å²) in [5.41, 5.74) is 0.324. The van der Waals surface area contributed by atoms with Crippen LogP contribution in [-0.2, 0) is 16.6 Å². The summed E-state index contributed by atoms with van der Waals surface area (Å²) < 4.78 is 26.5. The Labute approximate surface area is 119 Å². The lowest BCUT2D eigenvalue weighted by Gasteiger charge is -2.07. The lowest BCUT2D eigenvalue weighted by Crippen LogP contribution is -2.23. The number of nitro groups is 1. The van der Waals surface area contributed by atoms with Crippen LogP contribution in [-0.4, -0.2) is 18.3 Å². The minimum absolute atomic E-state index is 0.0361.